The van der Waals surface area contributed by atoms with Gasteiger partial charge >= 0.3 is 0 Å². The summed E-state index contributed by atoms with van der Waals surface area (Å²) in [5.41, 5.74) is 1.27. The van der Waals surface area contributed by atoms with Crippen molar-refractivity contribution in [2.45, 2.75) is 25.0 Å². The Bertz CT molecular complexity index is 615. The van der Waals surface area contributed by atoms with Crippen LogP contribution < -0.4 is 4.74 Å². The predicted molar refractivity (Wildman–Crippen MR) is 79.7 cm³/mol. The number of Topliss-reactive ketones (excluding diaryl/α,β-unsaturated/α-hetero) is 1. The zero-order chi connectivity index (χ0) is 15.5. The minimum Gasteiger partial charge on any atom is -0.496 e. The van der Waals surface area contributed by atoms with Crippen molar-refractivity contribution in [2.75, 3.05) is 26.1 Å². The van der Waals surface area contributed by atoms with Gasteiger partial charge in [-0.15, -0.1) is 0 Å². The molecule has 0 radical (unpaired) electrons. The molecule has 1 fully saturated rings. The van der Waals surface area contributed by atoms with Gasteiger partial charge in [-0.2, -0.15) is 0 Å². The smallest absolute Gasteiger partial charge is 0.181 e. The Morgan fingerprint density at radius 2 is 2.00 bits per heavy atom. The van der Waals surface area contributed by atoms with Gasteiger partial charge in [0.1, 0.15) is 11.5 Å². The number of ether oxygens (including phenoxy) is 2. The molecule has 2 rings (SSSR count). The highest BCUT2D eigenvalue weighted by Gasteiger charge is 2.30. The fraction of sp³-hybridized carbons (Fsp3) is 0.533. The maximum absolute atomic E-state index is 12.3. The number of methoxy groups -OCH3 is 1. The van der Waals surface area contributed by atoms with Gasteiger partial charge in [-0.1, -0.05) is 6.07 Å². The van der Waals surface area contributed by atoms with Gasteiger partial charge in [0.15, 0.2) is 15.6 Å². The number of benzene rings is 1. The van der Waals surface area contributed by atoms with E-state index in [1.807, 2.05) is 6.92 Å². The first-order chi connectivity index (χ1) is 9.94. The molecule has 21 heavy (non-hydrogen) atoms. The predicted octanol–water partition coefficient (Wildman–Crippen LogP) is 1.78. The van der Waals surface area contributed by atoms with Gasteiger partial charge in [-0.25, -0.2) is 8.42 Å². The van der Waals surface area contributed by atoms with E-state index in [-0.39, 0.29) is 0 Å². The Morgan fingerprint density at radius 3 is 2.62 bits per heavy atom. The average molecular weight is 312 g/mol. The third kappa shape index (κ3) is 3.83. The number of hydrogen-bond acceptors (Lipinski definition) is 5. The number of ketones is 1. The number of hydrogen-bond donors (Lipinski definition) is 0. The third-order valence-electron chi connectivity index (χ3n) is 3.67. The van der Waals surface area contributed by atoms with Crippen molar-refractivity contribution in [1.29, 1.82) is 0 Å². The van der Waals surface area contributed by atoms with Crippen LogP contribution in [-0.4, -0.2) is 45.5 Å². The Labute approximate surface area is 125 Å². The van der Waals surface area contributed by atoms with Crippen LogP contribution >= 0.6 is 0 Å². The maximum Gasteiger partial charge on any atom is 0.181 e. The lowest BCUT2D eigenvalue weighted by molar-refractivity contribution is 0.0970. The lowest BCUT2D eigenvalue weighted by Crippen LogP contribution is -2.33. The number of carbonyl (C=O) groups excluding carboxylic acids is 1. The van der Waals surface area contributed by atoms with E-state index in [0.717, 1.165) is 5.56 Å². The minimum absolute atomic E-state index is 0.318. The van der Waals surface area contributed by atoms with E-state index in [0.29, 0.717) is 37.4 Å². The van der Waals surface area contributed by atoms with Crippen molar-refractivity contribution >= 4 is 15.6 Å². The number of sulfone groups is 1. The highest BCUT2D eigenvalue weighted by Crippen LogP contribution is 2.23. The zero-order valence-corrected chi connectivity index (χ0v) is 13.1. The molecule has 0 aromatic heterocycles. The van der Waals surface area contributed by atoms with Gasteiger partial charge < -0.3 is 9.47 Å². The van der Waals surface area contributed by atoms with Crippen LogP contribution in [0.2, 0.25) is 0 Å². The van der Waals surface area contributed by atoms with Gasteiger partial charge in [-0.3, -0.25) is 4.79 Å². The van der Waals surface area contributed by atoms with Crippen molar-refractivity contribution in [2.24, 2.45) is 0 Å². The van der Waals surface area contributed by atoms with E-state index in [1.165, 1.54) is 7.11 Å². The van der Waals surface area contributed by atoms with Crippen LogP contribution in [-0.2, 0) is 14.6 Å². The molecule has 1 aromatic rings. The molecule has 1 aliphatic rings. The van der Waals surface area contributed by atoms with Crippen LogP contribution in [0.4, 0.5) is 0 Å². The van der Waals surface area contributed by atoms with Crippen molar-refractivity contribution in [1.82, 2.24) is 0 Å². The molecule has 6 heteroatoms. The van der Waals surface area contributed by atoms with Crippen LogP contribution in [0.3, 0.4) is 0 Å². The number of carbonyl (C=O) groups is 1. The van der Waals surface area contributed by atoms with Crippen LogP contribution in [0.25, 0.3) is 0 Å². The molecule has 1 heterocycles. The molecule has 0 atom stereocenters. The lowest BCUT2D eigenvalue weighted by atomic mass is 10.1. The van der Waals surface area contributed by atoms with Gasteiger partial charge in [0.05, 0.1) is 17.9 Å². The summed E-state index contributed by atoms with van der Waals surface area (Å²) >= 11 is 0. The molecule has 0 saturated carbocycles. The Kier molecular flexibility index (Phi) is 5.00. The largest absolute Gasteiger partial charge is 0.496 e. The molecule has 116 valence electrons. The summed E-state index contributed by atoms with van der Waals surface area (Å²) in [4.78, 5) is 12.3. The molecule has 0 bridgehead atoms. The minimum atomic E-state index is -3.45. The summed E-state index contributed by atoms with van der Waals surface area (Å²) in [5, 5.41) is -0.480. The Balaban J connectivity index is 2.17. The Morgan fingerprint density at radius 1 is 1.33 bits per heavy atom. The second-order valence-corrected chi connectivity index (χ2v) is 7.53. The van der Waals surface area contributed by atoms with E-state index in [9.17, 15) is 13.2 Å². The quantitative estimate of drug-likeness (QED) is 0.775. The van der Waals surface area contributed by atoms with Crippen molar-refractivity contribution in [3.05, 3.63) is 29.3 Å². The molecule has 5 nitrogen and oxygen atoms in total. The molecule has 0 N–H and O–H groups in total. The van der Waals surface area contributed by atoms with E-state index in [4.69, 9.17) is 9.47 Å². The standard InChI is InChI=1S/C15H20O5S/c1-11-3-4-13(15(9-11)19-2)14(16)10-21(17,18)12-5-7-20-8-6-12/h3-4,9,12H,5-8,10H2,1-2H3. The molecule has 1 aliphatic heterocycles. The summed E-state index contributed by atoms with van der Waals surface area (Å²) in [7, 11) is -1.98. The van der Waals surface area contributed by atoms with Gasteiger partial charge in [0, 0.05) is 13.2 Å². The maximum atomic E-state index is 12.3. The van der Waals surface area contributed by atoms with Crippen molar-refractivity contribution < 1.29 is 22.7 Å². The number of aryl methyl sites for hydroxylation is 1. The SMILES string of the molecule is COc1cc(C)ccc1C(=O)CS(=O)(=O)C1CCOCC1. The molecule has 0 aliphatic carbocycles. The molecule has 0 unspecified atom stereocenters. The molecule has 1 saturated heterocycles. The van der Waals surface area contributed by atoms with Crippen molar-refractivity contribution in [3.8, 4) is 5.75 Å². The van der Waals surface area contributed by atoms with Gasteiger partial charge in [-0.05, 0) is 37.5 Å². The second-order valence-electron chi connectivity index (χ2n) is 5.25. The number of rotatable bonds is 5. The normalized spacial score (nSPS) is 16.7. The summed E-state index contributed by atoms with van der Waals surface area (Å²) in [6.07, 6.45) is 0.918. The van der Waals surface area contributed by atoms with Crippen LogP contribution in [0.15, 0.2) is 18.2 Å². The zero-order valence-electron chi connectivity index (χ0n) is 12.3. The van der Waals surface area contributed by atoms with Crippen LogP contribution in [0.1, 0.15) is 28.8 Å². The fourth-order valence-electron chi connectivity index (χ4n) is 2.44. The molecule has 1 aromatic carbocycles. The molecule has 0 spiro atoms. The fourth-order valence-corrected chi connectivity index (χ4v) is 4.11. The van der Waals surface area contributed by atoms with Crippen molar-refractivity contribution in [3.63, 3.8) is 0 Å². The topological polar surface area (TPSA) is 69.7 Å². The Hall–Kier alpha value is -1.40. The first-order valence-electron chi connectivity index (χ1n) is 6.91. The van der Waals surface area contributed by atoms with E-state index in [2.05, 4.69) is 0 Å². The molecular weight excluding hydrogens is 292 g/mol. The first kappa shape index (κ1) is 16.0. The summed E-state index contributed by atoms with van der Waals surface area (Å²) in [6, 6.07) is 5.13. The monoisotopic (exact) mass is 312 g/mol. The second kappa shape index (κ2) is 6.58. The molecule has 0 amide bonds. The summed E-state index contributed by atoms with van der Waals surface area (Å²) in [5.74, 6) is -0.475. The van der Waals surface area contributed by atoms with Gasteiger partial charge in [0.2, 0.25) is 0 Å². The highest BCUT2D eigenvalue weighted by molar-refractivity contribution is 7.92. The van der Waals surface area contributed by atoms with E-state index >= 15 is 0 Å². The molecular formula is C15H20O5S. The van der Waals surface area contributed by atoms with Crippen LogP contribution in [0, 0.1) is 6.92 Å². The highest BCUT2D eigenvalue weighted by atomic mass is 32.2. The summed E-state index contributed by atoms with van der Waals surface area (Å²) < 4.78 is 35.0. The van der Waals surface area contributed by atoms with Crippen LogP contribution in [0.5, 0.6) is 5.75 Å². The van der Waals surface area contributed by atoms with E-state index < -0.39 is 26.6 Å². The lowest BCUT2D eigenvalue weighted by Gasteiger charge is -2.21. The van der Waals surface area contributed by atoms with Gasteiger partial charge in [0.25, 0.3) is 0 Å². The average Bonchev–Trinajstić information content (AvgIpc) is 2.47. The van der Waals surface area contributed by atoms with E-state index in [1.54, 1.807) is 18.2 Å². The first-order valence-corrected chi connectivity index (χ1v) is 8.63. The third-order valence-corrected chi connectivity index (χ3v) is 5.82. The summed E-state index contributed by atoms with van der Waals surface area (Å²) in [6.45, 7) is 2.76.